The summed E-state index contributed by atoms with van der Waals surface area (Å²) in [5, 5.41) is 11.2. The van der Waals surface area contributed by atoms with Gasteiger partial charge in [-0.05, 0) is 37.3 Å². The first kappa shape index (κ1) is 20.5. The molecule has 0 radical (unpaired) electrons. The largest absolute Gasteiger partial charge is 0.507 e. The highest BCUT2D eigenvalue weighted by Gasteiger charge is 2.18. The van der Waals surface area contributed by atoms with Crippen molar-refractivity contribution in [2.45, 2.75) is 13.5 Å². The molecule has 0 atom stereocenters. The van der Waals surface area contributed by atoms with Gasteiger partial charge in [0.05, 0.1) is 13.2 Å². The standard InChI is InChI=1S/C21H16ClF2NO4/c1-2-29-21(28)20(27)9-19(26)14-10-25(18-7-6-12(22)8-13(14)18)11-15-16(23)4-3-5-17(15)24/h3-10,26H,2,11H2,1H3/b19-9-. The smallest absolute Gasteiger partial charge is 0.379 e. The van der Waals surface area contributed by atoms with Crippen molar-refractivity contribution < 1.29 is 28.2 Å². The number of ether oxygens (including phenoxy) is 1. The number of carbonyl (C=O) groups is 2. The first-order valence-electron chi connectivity index (χ1n) is 8.65. The maximum Gasteiger partial charge on any atom is 0.379 e. The Morgan fingerprint density at radius 2 is 1.90 bits per heavy atom. The number of hydrogen-bond acceptors (Lipinski definition) is 4. The number of fused-ring (bicyclic) bond motifs is 1. The van der Waals surface area contributed by atoms with Gasteiger partial charge in [0.1, 0.15) is 17.4 Å². The molecule has 150 valence electrons. The van der Waals surface area contributed by atoms with Crippen molar-refractivity contribution >= 4 is 40.0 Å². The van der Waals surface area contributed by atoms with Crippen LogP contribution < -0.4 is 0 Å². The number of halogens is 3. The minimum Gasteiger partial charge on any atom is -0.507 e. The molecule has 0 saturated carbocycles. The second-order valence-electron chi connectivity index (χ2n) is 6.15. The fourth-order valence-electron chi connectivity index (χ4n) is 2.92. The van der Waals surface area contributed by atoms with E-state index in [2.05, 4.69) is 4.74 Å². The van der Waals surface area contributed by atoms with E-state index in [0.29, 0.717) is 15.9 Å². The van der Waals surface area contributed by atoms with Crippen LogP contribution in [-0.2, 0) is 20.9 Å². The van der Waals surface area contributed by atoms with Crippen molar-refractivity contribution in [3.8, 4) is 0 Å². The van der Waals surface area contributed by atoms with Crippen LogP contribution in [0.25, 0.3) is 16.7 Å². The zero-order valence-corrected chi connectivity index (χ0v) is 16.0. The van der Waals surface area contributed by atoms with Gasteiger partial charge in [-0.3, -0.25) is 4.79 Å². The van der Waals surface area contributed by atoms with Crippen LogP contribution in [0.1, 0.15) is 18.1 Å². The van der Waals surface area contributed by atoms with Gasteiger partial charge in [-0.2, -0.15) is 0 Å². The average molecular weight is 420 g/mol. The highest BCUT2D eigenvalue weighted by molar-refractivity contribution is 6.39. The predicted molar refractivity (Wildman–Crippen MR) is 105 cm³/mol. The van der Waals surface area contributed by atoms with E-state index in [9.17, 15) is 23.5 Å². The van der Waals surface area contributed by atoms with Crippen molar-refractivity contribution in [1.82, 2.24) is 4.57 Å². The van der Waals surface area contributed by atoms with Gasteiger partial charge >= 0.3 is 5.97 Å². The van der Waals surface area contributed by atoms with Crippen LogP contribution in [0.4, 0.5) is 8.78 Å². The normalized spacial score (nSPS) is 11.7. The monoisotopic (exact) mass is 419 g/mol. The lowest BCUT2D eigenvalue weighted by atomic mass is 10.1. The number of carbonyl (C=O) groups excluding carboxylic acids is 2. The number of aliphatic hydroxyl groups excluding tert-OH is 1. The Morgan fingerprint density at radius 1 is 1.21 bits per heavy atom. The van der Waals surface area contributed by atoms with Crippen molar-refractivity contribution in [3.63, 3.8) is 0 Å². The molecule has 0 bridgehead atoms. The summed E-state index contributed by atoms with van der Waals surface area (Å²) in [5.41, 5.74) is 0.546. The van der Waals surface area contributed by atoms with Gasteiger partial charge in [-0.25, -0.2) is 13.6 Å². The summed E-state index contributed by atoms with van der Waals surface area (Å²) >= 11 is 6.04. The van der Waals surface area contributed by atoms with Gasteiger partial charge in [0.15, 0.2) is 0 Å². The summed E-state index contributed by atoms with van der Waals surface area (Å²) in [7, 11) is 0. The van der Waals surface area contributed by atoms with E-state index in [4.69, 9.17) is 11.6 Å². The third kappa shape index (κ3) is 4.30. The fraction of sp³-hybridized carbons (Fsp3) is 0.143. The zero-order chi connectivity index (χ0) is 21.1. The van der Waals surface area contributed by atoms with Crippen molar-refractivity contribution in [3.05, 3.63) is 76.5 Å². The highest BCUT2D eigenvalue weighted by Crippen LogP contribution is 2.30. The third-order valence-electron chi connectivity index (χ3n) is 4.25. The van der Waals surface area contributed by atoms with Crippen LogP contribution in [0.2, 0.25) is 5.02 Å². The first-order valence-corrected chi connectivity index (χ1v) is 9.03. The van der Waals surface area contributed by atoms with Gasteiger partial charge in [-0.1, -0.05) is 17.7 Å². The van der Waals surface area contributed by atoms with Crippen LogP contribution in [0, 0.1) is 11.6 Å². The number of esters is 1. The summed E-state index contributed by atoms with van der Waals surface area (Å²) in [4.78, 5) is 23.4. The van der Waals surface area contributed by atoms with Crippen LogP contribution in [0.3, 0.4) is 0 Å². The number of aromatic nitrogens is 1. The lowest BCUT2D eigenvalue weighted by Crippen LogP contribution is -2.15. The second-order valence-corrected chi connectivity index (χ2v) is 6.58. The Hall–Kier alpha value is -3.19. The number of rotatable bonds is 6. The quantitative estimate of drug-likeness (QED) is 0.273. The molecule has 0 spiro atoms. The Bertz CT molecular complexity index is 1120. The SMILES string of the molecule is CCOC(=O)C(=O)/C=C(\O)c1cn(Cc2c(F)cccc2F)c2ccc(Cl)cc12. The molecule has 3 rings (SSSR count). The minimum atomic E-state index is -1.10. The molecular formula is C21H16ClF2NO4. The number of hydrogen-bond donors (Lipinski definition) is 1. The lowest BCUT2D eigenvalue weighted by molar-refractivity contribution is -0.151. The Balaban J connectivity index is 2.08. The average Bonchev–Trinajstić information content (AvgIpc) is 3.02. The van der Waals surface area contributed by atoms with E-state index >= 15 is 0 Å². The van der Waals surface area contributed by atoms with E-state index in [0.717, 1.165) is 18.2 Å². The molecule has 29 heavy (non-hydrogen) atoms. The highest BCUT2D eigenvalue weighted by atomic mass is 35.5. The molecule has 8 heteroatoms. The molecule has 0 aliphatic heterocycles. The van der Waals surface area contributed by atoms with E-state index in [1.807, 2.05) is 0 Å². The number of aliphatic hydroxyl groups is 1. The maximum atomic E-state index is 14.1. The molecule has 0 fully saturated rings. The van der Waals surface area contributed by atoms with Gasteiger partial charge in [0, 0.05) is 39.3 Å². The molecule has 0 unspecified atom stereocenters. The van der Waals surface area contributed by atoms with E-state index < -0.39 is 29.1 Å². The molecular weight excluding hydrogens is 404 g/mol. The third-order valence-corrected chi connectivity index (χ3v) is 4.49. The van der Waals surface area contributed by atoms with Crippen LogP contribution >= 0.6 is 11.6 Å². The predicted octanol–water partition coefficient (Wildman–Crippen LogP) is 4.65. The van der Waals surface area contributed by atoms with Gasteiger partial charge in [0.2, 0.25) is 0 Å². The summed E-state index contributed by atoms with van der Waals surface area (Å²) in [6.07, 6.45) is 2.17. The first-order chi connectivity index (χ1) is 13.8. The minimum absolute atomic E-state index is 0.0162. The lowest BCUT2D eigenvalue weighted by Gasteiger charge is -2.08. The Morgan fingerprint density at radius 3 is 2.55 bits per heavy atom. The van der Waals surface area contributed by atoms with Crippen molar-refractivity contribution in [2.75, 3.05) is 6.61 Å². The topological polar surface area (TPSA) is 68.5 Å². The van der Waals surface area contributed by atoms with Crippen LogP contribution in [-0.4, -0.2) is 28.0 Å². The molecule has 0 saturated heterocycles. The molecule has 0 aliphatic rings. The van der Waals surface area contributed by atoms with Crippen molar-refractivity contribution in [1.29, 1.82) is 0 Å². The summed E-state index contributed by atoms with van der Waals surface area (Å²) < 4.78 is 34.3. The number of benzene rings is 2. The summed E-state index contributed by atoms with van der Waals surface area (Å²) in [6.45, 7) is 1.41. The van der Waals surface area contributed by atoms with Gasteiger partial charge in [0.25, 0.3) is 5.78 Å². The van der Waals surface area contributed by atoms with Gasteiger partial charge < -0.3 is 14.4 Å². The summed E-state index contributed by atoms with van der Waals surface area (Å²) in [6, 6.07) is 8.32. The summed E-state index contributed by atoms with van der Waals surface area (Å²) in [5.74, 6) is -4.05. The van der Waals surface area contributed by atoms with E-state index in [-0.39, 0.29) is 24.3 Å². The molecule has 3 aromatic rings. The number of ketones is 1. The molecule has 5 nitrogen and oxygen atoms in total. The maximum absolute atomic E-state index is 14.1. The zero-order valence-electron chi connectivity index (χ0n) is 15.3. The van der Waals surface area contributed by atoms with Crippen LogP contribution in [0.15, 0.2) is 48.7 Å². The Kier molecular flexibility index (Phi) is 5.98. The number of nitrogens with zero attached hydrogens (tertiary/aromatic N) is 1. The molecule has 0 amide bonds. The molecule has 0 aliphatic carbocycles. The van der Waals surface area contributed by atoms with Crippen molar-refractivity contribution in [2.24, 2.45) is 0 Å². The molecule has 2 aromatic carbocycles. The van der Waals surface area contributed by atoms with Gasteiger partial charge in [-0.15, -0.1) is 0 Å². The molecule has 1 heterocycles. The van der Waals surface area contributed by atoms with E-state index in [1.54, 1.807) is 25.1 Å². The van der Waals surface area contributed by atoms with Crippen LogP contribution in [0.5, 0.6) is 0 Å². The molecule has 1 aromatic heterocycles. The molecule has 1 N–H and O–H groups in total. The fourth-order valence-corrected chi connectivity index (χ4v) is 3.09. The Labute approximate surface area is 169 Å². The second kappa shape index (κ2) is 8.45. The van der Waals surface area contributed by atoms with E-state index in [1.165, 1.54) is 16.8 Å².